The third kappa shape index (κ3) is 4.38. The number of rotatable bonds is 6. The van der Waals surface area contributed by atoms with Crippen LogP contribution in [0.2, 0.25) is 0 Å². The number of thiazole rings is 1. The van der Waals surface area contributed by atoms with Crippen LogP contribution < -0.4 is 5.32 Å². The number of halogens is 1. The fourth-order valence-electron chi connectivity index (χ4n) is 3.83. The summed E-state index contributed by atoms with van der Waals surface area (Å²) in [4.78, 5) is 25.3. The molecule has 1 aliphatic heterocycles. The summed E-state index contributed by atoms with van der Waals surface area (Å²) in [5, 5.41) is 5.26. The van der Waals surface area contributed by atoms with Crippen molar-refractivity contribution in [1.29, 1.82) is 0 Å². The topological polar surface area (TPSA) is 77.6 Å². The van der Waals surface area contributed by atoms with Gasteiger partial charge in [0.15, 0.2) is 5.13 Å². The van der Waals surface area contributed by atoms with Gasteiger partial charge in [-0.15, -0.1) is 11.3 Å². The first-order valence-electron chi connectivity index (χ1n) is 10.4. The Balaban J connectivity index is 1.26. The van der Waals surface area contributed by atoms with Crippen LogP contribution in [0.5, 0.6) is 0 Å². The second kappa shape index (κ2) is 8.88. The summed E-state index contributed by atoms with van der Waals surface area (Å²) in [5.74, 6) is 0.125. The van der Waals surface area contributed by atoms with E-state index in [-0.39, 0.29) is 5.91 Å². The lowest BCUT2D eigenvalue weighted by molar-refractivity contribution is 0.101. The first-order chi connectivity index (χ1) is 15.7. The zero-order valence-electron chi connectivity index (χ0n) is 17.2. The number of hydrogen-bond acceptors (Lipinski definition) is 5. The molecule has 0 aliphatic carbocycles. The number of amides is 1. The van der Waals surface area contributed by atoms with Crippen LogP contribution >= 0.6 is 11.3 Å². The van der Waals surface area contributed by atoms with Gasteiger partial charge < -0.3 is 9.13 Å². The van der Waals surface area contributed by atoms with Crippen LogP contribution in [-0.4, -0.2) is 30.0 Å². The lowest BCUT2D eigenvalue weighted by atomic mass is 10.1. The number of carbonyl (C=O) groups is 1. The highest BCUT2D eigenvalue weighted by atomic mass is 32.1. The molecule has 0 saturated heterocycles. The Labute approximate surface area is 188 Å². The Hall–Kier alpha value is -3.59. The van der Waals surface area contributed by atoms with Crippen LogP contribution in [0.1, 0.15) is 46.1 Å². The number of nitrogens with zero attached hydrogens (tertiary/aromatic N) is 5. The van der Waals surface area contributed by atoms with Crippen molar-refractivity contribution in [2.24, 2.45) is 0 Å². The molecule has 1 amide bonds. The van der Waals surface area contributed by atoms with Crippen LogP contribution in [-0.2, 0) is 19.5 Å². The van der Waals surface area contributed by atoms with Crippen molar-refractivity contribution in [3.8, 4) is 0 Å². The smallest absolute Gasteiger partial charge is 0.274 e. The normalized spacial score (nSPS) is 13.4. The minimum absolute atomic E-state index is 0.267. The molecule has 0 saturated carbocycles. The van der Waals surface area contributed by atoms with E-state index in [1.165, 1.54) is 42.1 Å². The van der Waals surface area contributed by atoms with Gasteiger partial charge in [0.2, 0.25) is 5.95 Å². The Kier molecular flexibility index (Phi) is 5.64. The number of carbonyl (C=O) groups excluding carboxylic acids is 1. The van der Waals surface area contributed by atoms with Crippen molar-refractivity contribution in [3.63, 3.8) is 0 Å². The average molecular weight is 449 g/mol. The van der Waals surface area contributed by atoms with Crippen molar-refractivity contribution in [1.82, 2.24) is 24.1 Å². The van der Waals surface area contributed by atoms with Crippen LogP contribution in [0, 0.1) is 5.95 Å². The Morgan fingerprint density at radius 3 is 3.09 bits per heavy atom. The van der Waals surface area contributed by atoms with E-state index in [1.807, 2.05) is 23.7 Å². The van der Waals surface area contributed by atoms with Gasteiger partial charge in [-0.2, -0.15) is 4.39 Å². The van der Waals surface area contributed by atoms with Crippen molar-refractivity contribution >= 4 is 34.5 Å². The zero-order chi connectivity index (χ0) is 21.9. The highest BCUT2D eigenvalue weighted by Gasteiger charge is 2.14. The van der Waals surface area contributed by atoms with E-state index in [4.69, 9.17) is 0 Å². The van der Waals surface area contributed by atoms with Gasteiger partial charge in [0.05, 0.1) is 5.69 Å². The van der Waals surface area contributed by atoms with Crippen LogP contribution in [0.25, 0.3) is 12.2 Å². The van der Waals surface area contributed by atoms with E-state index in [0.717, 1.165) is 30.0 Å². The number of aromatic nitrogens is 5. The highest BCUT2D eigenvalue weighted by molar-refractivity contribution is 7.14. The second-order valence-electron chi connectivity index (χ2n) is 7.59. The third-order valence-electron chi connectivity index (χ3n) is 5.39. The van der Waals surface area contributed by atoms with Crippen molar-refractivity contribution in [2.75, 3.05) is 5.32 Å². The second-order valence-corrected chi connectivity index (χ2v) is 8.45. The van der Waals surface area contributed by atoms with Gasteiger partial charge >= 0.3 is 0 Å². The lowest BCUT2D eigenvalue weighted by Gasteiger charge is -2.14. The zero-order valence-corrected chi connectivity index (χ0v) is 18.1. The fraction of sp³-hybridized carbons (Fsp3) is 0.217. The summed E-state index contributed by atoms with van der Waals surface area (Å²) < 4.78 is 17.4. The highest BCUT2D eigenvalue weighted by Crippen LogP contribution is 2.21. The van der Waals surface area contributed by atoms with Crippen LogP contribution in [0.15, 0.2) is 48.2 Å². The first-order valence-corrected chi connectivity index (χ1v) is 11.3. The van der Waals surface area contributed by atoms with Gasteiger partial charge in [-0.05, 0) is 61.2 Å². The summed E-state index contributed by atoms with van der Waals surface area (Å²) in [6, 6.07) is 6.59. The van der Waals surface area contributed by atoms with E-state index in [0.29, 0.717) is 17.4 Å². The average Bonchev–Trinajstić information content (AvgIpc) is 3.52. The molecule has 0 fully saturated rings. The van der Waals surface area contributed by atoms with Gasteiger partial charge in [0.1, 0.15) is 11.5 Å². The summed E-state index contributed by atoms with van der Waals surface area (Å²) >= 11 is 1.36. The molecular weight excluding hydrogens is 427 g/mol. The molecule has 4 aromatic heterocycles. The van der Waals surface area contributed by atoms with Gasteiger partial charge in [0.25, 0.3) is 5.91 Å². The molecule has 7 nitrogen and oxygen atoms in total. The number of pyridine rings is 1. The summed E-state index contributed by atoms with van der Waals surface area (Å²) in [7, 11) is 0. The standard InChI is InChI=1S/C23H21FN6OS/c24-20-12-16(8-9-25-20)14-29-10-3-5-19(29)22(31)28-23-27-17(15-32-23)6-7-21-26-13-18-4-1-2-11-30(18)21/h3,5-10,12-13,15H,1-2,4,11,14H2,(H,27,28,31)/b7-6+. The Morgan fingerprint density at radius 1 is 1.25 bits per heavy atom. The maximum absolute atomic E-state index is 13.4. The minimum atomic E-state index is -0.542. The maximum atomic E-state index is 13.4. The Morgan fingerprint density at radius 2 is 2.19 bits per heavy atom. The molecule has 5 rings (SSSR count). The molecule has 5 heterocycles. The van der Waals surface area contributed by atoms with E-state index in [9.17, 15) is 9.18 Å². The van der Waals surface area contributed by atoms with E-state index in [1.54, 1.807) is 29.0 Å². The number of aryl methyl sites for hydroxylation is 1. The monoisotopic (exact) mass is 448 g/mol. The summed E-state index contributed by atoms with van der Waals surface area (Å²) in [5.41, 5.74) is 3.24. The van der Waals surface area contributed by atoms with E-state index < -0.39 is 5.95 Å². The quantitative estimate of drug-likeness (QED) is 0.441. The molecule has 4 aromatic rings. The summed E-state index contributed by atoms with van der Waals surface area (Å²) in [6.45, 7) is 1.37. The Bertz CT molecular complexity index is 1290. The summed E-state index contributed by atoms with van der Waals surface area (Å²) in [6.07, 6.45) is 12.5. The molecule has 1 N–H and O–H groups in total. The molecule has 0 bridgehead atoms. The van der Waals surface area contributed by atoms with Gasteiger partial charge in [-0.25, -0.2) is 15.0 Å². The molecule has 0 atom stereocenters. The first kappa shape index (κ1) is 20.3. The van der Waals surface area contributed by atoms with Crippen molar-refractivity contribution in [2.45, 2.75) is 32.4 Å². The molecule has 0 spiro atoms. The molecule has 9 heteroatoms. The number of hydrogen-bond donors (Lipinski definition) is 1. The third-order valence-corrected chi connectivity index (χ3v) is 6.16. The number of imidazole rings is 1. The SMILES string of the molecule is O=C(Nc1nc(/C=C/c2ncc3n2CCCC3)cs1)c1cccn1Cc1ccnc(F)c1. The largest absolute Gasteiger partial charge is 0.339 e. The number of anilines is 1. The predicted octanol–water partition coefficient (Wildman–Crippen LogP) is 4.48. The van der Waals surface area contributed by atoms with Gasteiger partial charge in [-0.1, -0.05) is 0 Å². The van der Waals surface area contributed by atoms with E-state index >= 15 is 0 Å². The molecule has 0 aromatic carbocycles. The molecule has 162 valence electrons. The number of fused-ring (bicyclic) bond motifs is 1. The fourth-order valence-corrected chi connectivity index (χ4v) is 4.50. The maximum Gasteiger partial charge on any atom is 0.274 e. The number of nitrogens with one attached hydrogen (secondary N) is 1. The minimum Gasteiger partial charge on any atom is -0.339 e. The lowest BCUT2D eigenvalue weighted by Crippen LogP contribution is -2.17. The van der Waals surface area contributed by atoms with Gasteiger partial charge in [-0.3, -0.25) is 10.1 Å². The molecular formula is C23H21FN6OS. The van der Waals surface area contributed by atoms with Crippen molar-refractivity contribution in [3.05, 3.63) is 82.7 Å². The molecule has 0 radical (unpaired) electrons. The van der Waals surface area contributed by atoms with Crippen LogP contribution in [0.3, 0.4) is 0 Å². The molecule has 0 unspecified atom stereocenters. The van der Waals surface area contributed by atoms with E-state index in [2.05, 4.69) is 24.8 Å². The van der Waals surface area contributed by atoms with Crippen molar-refractivity contribution < 1.29 is 9.18 Å². The molecule has 1 aliphatic rings. The van der Waals surface area contributed by atoms with Crippen LogP contribution in [0.4, 0.5) is 9.52 Å². The molecule has 32 heavy (non-hydrogen) atoms. The van der Waals surface area contributed by atoms with Gasteiger partial charge in [0, 0.05) is 42.8 Å². The predicted molar refractivity (Wildman–Crippen MR) is 122 cm³/mol.